The smallest absolute Gasteiger partial charge is 0.319 e. The predicted molar refractivity (Wildman–Crippen MR) is 87.9 cm³/mol. The number of benzene rings is 2. The van der Waals surface area contributed by atoms with Crippen LogP contribution < -0.4 is 0 Å². The molecule has 1 fully saturated rings. The molecule has 1 N–H and O–H groups in total. The first kappa shape index (κ1) is 14.4. The second-order valence-corrected chi connectivity index (χ2v) is 7.00. The minimum absolute atomic E-state index is 0.278. The molecule has 2 aromatic carbocycles. The van der Waals surface area contributed by atoms with Crippen molar-refractivity contribution in [1.29, 1.82) is 0 Å². The van der Waals surface area contributed by atoms with Gasteiger partial charge in [0.15, 0.2) is 0 Å². The zero-order valence-corrected chi connectivity index (χ0v) is 13.5. The van der Waals surface area contributed by atoms with Gasteiger partial charge in [0.1, 0.15) is 5.41 Å². The van der Waals surface area contributed by atoms with Crippen LogP contribution in [0.15, 0.2) is 48.5 Å². The Bertz CT molecular complexity index is 932. The van der Waals surface area contributed by atoms with Crippen LogP contribution in [0.3, 0.4) is 0 Å². The molecule has 1 aliphatic heterocycles. The first-order valence-electron chi connectivity index (χ1n) is 8.25. The summed E-state index contributed by atoms with van der Waals surface area (Å²) in [5.74, 6) is -3.58. The van der Waals surface area contributed by atoms with Gasteiger partial charge in [0.25, 0.3) is 0 Å². The third-order valence-electron chi connectivity index (χ3n) is 6.18. The van der Waals surface area contributed by atoms with Crippen LogP contribution in [0.5, 0.6) is 0 Å². The minimum Gasteiger partial charge on any atom is -0.480 e. The van der Waals surface area contributed by atoms with Crippen molar-refractivity contribution in [2.24, 2.45) is 11.8 Å². The molecule has 2 bridgehead atoms. The van der Waals surface area contributed by atoms with Gasteiger partial charge >= 0.3 is 5.97 Å². The van der Waals surface area contributed by atoms with E-state index in [1.165, 1.54) is 7.05 Å². The summed E-state index contributed by atoms with van der Waals surface area (Å²) in [4.78, 5) is 39.5. The van der Waals surface area contributed by atoms with Crippen molar-refractivity contribution in [3.05, 3.63) is 70.8 Å². The molecule has 0 radical (unpaired) electrons. The summed E-state index contributed by atoms with van der Waals surface area (Å²) in [6, 6.07) is 14.7. The second-order valence-electron chi connectivity index (χ2n) is 7.00. The average molecular weight is 333 g/mol. The predicted octanol–water partition coefficient (Wildman–Crippen LogP) is 1.75. The number of rotatable bonds is 1. The van der Waals surface area contributed by atoms with Gasteiger partial charge in [-0.15, -0.1) is 0 Å². The van der Waals surface area contributed by atoms with E-state index >= 15 is 0 Å². The molecular weight excluding hydrogens is 318 g/mol. The topological polar surface area (TPSA) is 74.7 Å². The lowest BCUT2D eigenvalue weighted by Gasteiger charge is -2.51. The number of carboxylic acid groups (broad SMARTS) is 1. The highest BCUT2D eigenvalue weighted by Crippen LogP contribution is 2.63. The van der Waals surface area contributed by atoms with Crippen molar-refractivity contribution >= 4 is 17.8 Å². The number of aliphatic carboxylic acids is 1. The number of carbonyl (C=O) groups is 3. The van der Waals surface area contributed by atoms with Crippen LogP contribution >= 0.6 is 0 Å². The first-order valence-corrected chi connectivity index (χ1v) is 8.25. The number of amides is 2. The van der Waals surface area contributed by atoms with Gasteiger partial charge in [-0.05, 0) is 22.3 Å². The van der Waals surface area contributed by atoms with Crippen molar-refractivity contribution in [1.82, 2.24) is 4.90 Å². The van der Waals surface area contributed by atoms with Gasteiger partial charge in [-0.2, -0.15) is 0 Å². The molecule has 2 amide bonds. The van der Waals surface area contributed by atoms with Crippen molar-refractivity contribution in [3.8, 4) is 0 Å². The van der Waals surface area contributed by atoms with Crippen molar-refractivity contribution in [3.63, 3.8) is 0 Å². The Morgan fingerprint density at radius 1 is 0.960 bits per heavy atom. The van der Waals surface area contributed by atoms with Crippen LogP contribution in [-0.4, -0.2) is 34.8 Å². The van der Waals surface area contributed by atoms with Crippen LogP contribution in [-0.2, 0) is 19.8 Å². The summed E-state index contributed by atoms with van der Waals surface area (Å²) in [6.45, 7) is 0. The SMILES string of the molecule is CN1C(=O)C2C3c4ccccc4C(C(=O)O)(c4ccccc43)C2C1=O. The van der Waals surface area contributed by atoms with Crippen LogP contribution in [0.2, 0.25) is 0 Å². The maximum Gasteiger partial charge on any atom is 0.319 e. The molecule has 0 saturated carbocycles. The van der Waals surface area contributed by atoms with Crippen molar-refractivity contribution < 1.29 is 19.5 Å². The summed E-state index contributed by atoms with van der Waals surface area (Å²) in [5, 5.41) is 10.4. The quantitative estimate of drug-likeness (QED) is 0.807. The monoisotopic (exact) mass is 333 g/mol. The Balaban J connectivity index is 1.98. The Hall–Kier alpha value is -2.95. The number of likely N-dealkylation sites (tertiary alicyclic amines) is 1. The van der Waals surface area contributed by atoms with E-state index in [2.05, 4.69) is 0 Å². The lowest BCUT2D eigenvalue weighted by Crippen LogP contribution is -2.57. The normalized spacial score (nSPS) is 31.6. The maximum absolute atomic E-state index is 12.9. The summed E-state index contributed by atoms with van der Waals surface area (Å²) < 4.78 is 0. The molecule has 1 heterocycles. The number of hydrogen-bond acceptors (Lipinski definition) is 3. The standard InChI is InChI=1S/C20H15NO4/c1-21-17(22)15-14-10-6-2-4-8-12(10)20(19(24)25,16(15)18(21)23)13-9-5-3-7-11(13)14/h2-9,14-16H,1H3,(H,24,25). The van der Waals surface area contributed by atoms with E-state index in [1.807, 2.05) is 24.3 Å². The van der Waals surface area contributed by atoms with Gasteiger partial charge in [0.05, 0.1) is 11.8 Å². The summed E-state index contributed by atoms with van der Waals surface area (Å²) in [5.41, 5.74) is 1.47. The summed E-state index contributed by atoms with van der Waals surface area (Å²) in [6.07, 6.45) is 0. The second kappa shape index (κ2) is 4.36. The molecule has 4 aliphatic rings. The molecule has 5 nitrogen and oxygen atoms in total. The van der Waals surface area contributed by atoms with Gasteiger partial charge < -0.3 is 5.11 Å². The van der Waals surface area contributed by atoms with E-state index in [0.717, 1.165) is 16.0 Å². The lowest BCUT2D eigenvalue weighted by atomic mass is 9.47. The zero-order valence-electron chi connectivity index (χ0n) is 13.5. The maximum atomic E-state index is 12.9. The first-order chi connectivity index (χ1) is 12.0. The molecule has 6 rings (SSSR count). The highest BCUT2D eigenvalue weighted by Gasteiger charge is 2.70. The van der Waals surface area contributed by atoms with Gasteiger partial charge in [0, 0.05) is 13.0 Å². The summed E-state index contributed by atoms with van der Waals surface area (Å²) in [7, 11) is 1.45. The van der Waals surface area contributed by atoms with Gasteiger partial charge in [0.2, 0.25) is 11.8 Å². The number of carbonyl (C=O) groups excluding carboxylic acids is 2. The van der Waals surface area contributed by atoms with E-state index in [9.17, 15) is 19.5 Å². The molecule has 5 heteroatoms. The highest BCUT2D eigenvalue weighted by atomic mass is 16.4. The molecule has 2 atom stereocenters. The lowest BCUT2D eigenvalue weighted by molar-refractivity contribution is -0.150. The minimum atomic E-state index is -1.51. The molecular formula is C20H15NO4. The third-order valence-corrected chi connectivity index (χ3v) is 6.18. The van der Waals surface area contributed by atoms with Crippen LogP contribution in [0.4, 0.5) is 0 Å². The molecule has 2 unspecified atom stereocenters. The van der Waals surface area contributed by atoms with E-state index < -0.39 is 29.1 Å². The number of imide groups is 1. The number of hydrogen-bond donors (Lipinski definition) is 1. The molecule has 0 spiro atoms. The summed E-state index contributed by atoms with van der Waals surface area (Å²) >= 11 is 0. The Morgan fingerprint density at radius 2 is 1.48 bits per heavy atom. The Labute approximate surface area is 143 Å². The molecule has 3 aliphatic carbocycles. The average Bonchev–Trinajstić information content (AvgIpc) is 2.86. The highest BCUT2D eigenvalue weighted by molar-refractivity contribution is 6.11. The largest absolute Gasteiger partial charge is 0.480 e. The number of nitrogens with zero attached hydrogens (tertiary/aromatic N) is 1. The van der Waals surface area contributed by atoms with E-state index in [0.29, 0.717) is 11.1 Å². The molecule has 124 valence electrons. The van der Waals surface area contributed by atoms with Crippen LogP contribution in [0, 0.1) is 11.8 Å². The van der Waals surface area contributed by atoms with Crippen molar-refractivity contribution in [2.45, 2.75) is 11.3 Å². The molecule has 2 aromatic rings. The Kier molecular flexibility index (Phi) is 2.51. The Morgan fingerprint density at radius 3 is 2.00 bits per heavy atom. The van der Waals surface area contributed by atoms with E-state index in [4.69, 9.17) is 0 Å². The zero-order chi connectivity index (χ0) is 17.5. The molecule has 1 saturated heterocycles. The van der Waals surface area contributed by atoms with Crippen LogP contribution in [0.25, 0.3) is 0 Å². The third kappa shape index (κ3) is 1.36. The van der Waals surface area contributed by atoms with E-state index in [1.54, 1.807) is 24.3 Å². The van der Waals surface area contributed by atoms with Gasteiger partial charge in [-0.1, -0.05) is 48.5 Å². The molecule has 25 heavy (non-hydrogen) atoms. The van der Waals surface area contributed by atoms with Gasteiger partial charge in [-0.25, -0.2) is 0 Å². The fourth-order valence-electron chi connectivity index (χ4n) is 5.28. The van der Waals surface area contributed by atoms with Crippen molar-refractivity contribution in [2.75, 3.05) is 7.05 Å². The fourth-order valence-corrected chi connectivity index (χ4v) is 5.28. The molecule has 0 aromatic heterocycles. The fraction of sp³-hybridized carbons (Fsp3) is 0.250. The van der Waals surface area contributed by atoms with E-state index in [-0.39, 0.29) is 11.8 Å². The van der Waals surface area contributed by atoms with Gasteiger partial charge in [-0.3, -0.25) is 19.3 Å². The van der Waals surface area contributed by atoms with Crippen LogP contribution in [0.1, 0.15) is 28.2 Å². The number of carboxylic acids is 1.